The molecule has 0 amide bonds. The van der Waals surface area contributed by atoms with Crippen LogP contribution in [0.2, 0.25) is 5.02 Å². The van der Waals surface area contributed by atoms with Gasteiger partial charge in [0.2, 0.25) is 17.8 Å². The fraction of sp³-hybridized carbons (Fsp3) is 0.640. The molecule has 2 unspecified atom stereocenters. The van der Waals surface area contributed by atoms with Gasteiger partial charge in [-0.15, -0.1) is 0 Å². The van der Waals surface area contributed by atoms with Crippen LogP contribution in [0.4, 0.5) is 23.5 Å². The summed E-state index contributed by atoms with van der Waals surface area (Å²) in [5.41, 5.74) is 0.801. The zero-order valence-corrected chi connectivity index (χ0v) is 21.1. The average Bonchev–Trinajstić information content (AvgIpc) is 3.24. The van der Waals surface area contributed by atoms with Gasteiger partial charge >= 0.3 is 0 Å². The van der Waals surface area contributed by atoms with E-state index in [1.165, 1.54) is 38.5 Å². The molecule has 2 aromatic rings. The van der Waals surface area contributed by atoms with Crippen molar-refractivity contribution in [3.8, 4) is 5.75 Å². The number of halogens is 1. The summed E-state index contributed by atoms with van der Waals surface area (Å²) < 4.78 is 5.55. The molecule has 1 aromatic carbocycles. The largest absolute Gasteiger partial charge is 0.492 e. The lowest BCUT2D eigenvalue weighted by Gasteiger charge is -2.24. The lowest BCUT2D eigenvalue weighted by Crippen LogP contribution is -2.40. The van der Waals surface area contributed by atoms with Crippen molar-refractivity contribution in [1.29, 1.82) is 0 Å². The van der Waals surface area contributed by atoms with Gasteiger partial charge in [-0.2, -0.15) is 15.0 Å². The van der Waals surface area contributed by atoms with E-state index in [0.717, 1.165) is 31.5 Å². The molecule has 1 aromatic heterocycles. The van der Waals surface area contributed by atoms with Gasteiger partial charge in [0.15, 0.2) is 0 Å². The lowest BCUT2D eigenvalue weighted by molar-refractivity contribution is 0.340. The summed E-state index contributed by atoms with van der Waals surface area (Å²) in [5, 5.41) is 14.6. The van der Waals surface area contributed by atoms with E-state index < -0.39 is 0 Å². The first-order valence-electron chi connectivity index (χ1n) is 12.9. The van der Waals surface area contributed by atoms with E-state index in [0.29, 0.717) is 47.3 Å². The number of hydrogen-bond donors (Lipinski definition) is 4. The lowest BCUT2D eigenvalue weighted by atomic mass is 10.0. The van der Waals surface area contributed by atoms with Crippen molar-refractivity contribution in [2.75, 3.05) is 29.1 Å². The van der Waals surface area contributed by atoms with Crippen molar-refractivity contribution in [2.45, 2.75) is 89.8 Å². The standard InChI is InChI=1S/C25H38ClN7O/c1-3-20(21-12-9-15-27-21)30-25-32-23(28-17-10-7-5-6-8-11-17)31-24(33-25)29-18-13-14-22(34-4-2)19(26)16-18/h13-14,16-17,20-21,27H,3-12,15H2,1-2H3,(H3,28,29,30,31,32,33). The molecule has 4 rings (SSSR count). The highest BCUT2D eigenvalue weighted by Gasteiger charge is 2.24. The van der Waals surface area contributed by atoms with E-state index >= 15 is 0 Å². The van der Waals surface area contributed by atoms with Gasteiger partial charge in [0.25, 0.3) is 0 Å². The van der Waals surface area contributed by atoms with Crippen molar-refractivity contribution in [3.63, 3.8) is 0 Å². The zero-order valence-electron chi connectivity index (χ0n) is 20.4. The quantitative estimate of drug-likeness (QED) is 0.315. The molecule has 1 aliphatic heterocycles. The highest BCUT2D eigenvalue weighted by molar-refractivity contribution is 6.32. The zero-order chi connectivity index (χ0) is 23.8. The molecule has 0 radical (unpaired) electrons. The van der Waals surface area contributed by atoms with Crippen LogP contribution >= 0.6 is 11.6 Å². The number of aromatic nitrogens is 3. The number of nitrogens with one attached hydrogen (secondary N) is 4. The third-order valence-corrected chi connectivity index (χ3v) is 6.95. The first kappa shape index (κ1) is 24.8. The molecule has 8 nitrogen and oxygen atoms in total. The second kappa shape index (κ2) is 12.4. The van der Waals surface area contributed by atoms with Gasteiger partial charge in [0.05, 0.1) is 11.6 Å². The van der Waals surface area contributed by atoms with Gasteiger partial charge in [-0.25, -0.2) is 0 Å². The number of rotatable bonds is 10. The van der Waals surface area contributed by atoms with Crippen molar-refractivity contribution in [3.05, 3.63) is 23.2 Å². The average molecular weight is 488 g/mol. The highest BCUT2D eigenvalue weighted by atomic mass is 35.5. The molecular weight excluding hydrogens is 450 g/mol. The summed E-state index contributed by atoms with van der Waals surface area (Å²) in [6.45, 7) is 5.78. The smallest absolute Gasteiger partial charge is 0.233 e. The Morgan fingerprint density at radius 1 is 1.00 bits per heavy atom. The van der Waals surface area contributed by atoms with Gasteiger partial charge in [-0.05, 0) is 63.8 Å². The third kappa shape index (κ3) is 6.85. The number of nitrogens with zero attached hydrogens (tertiary/aromatic N) is 3. The minimum Gasteiger partial charge on any atom is -0.492 e. The van der Waals surface area contributed by atoms with Gasteiger partial charge in [-0.1, -0.05) is 44.2 Å². The fourth-order valence-corrected chi connectivity index (χ4v) is 5.09. The molecular formula is C25H38ClN7O. The molecule has 1 aliphatic carbocycles. The SMILES string of the molecule is CCOc1ccc(Nc2nc(NC3CCCCCC3)nc(NC(CC)C3CCCN3)n2)cc1Cl. The summed E-state index contributed by atoms with van der Waals surface area (Å²) in [6.07, 6.45) is 10.8. The van der Waals surface area contributed by atoms with Crippen molar-refractivity contribution in [2.24, 2.45) is 0 Å². The monoisotopic (exact) mass is 487 g/mol. The molecule has 1 saturated heterocycles. The maximum Gasteiger partial charge on any atom is 0.233 e. The molecule has 34 heavy (non-hydrogen) atoms. The molecule has 9 heteroatoms. The van der Waals surface area contributed by atoms with Gasteiger partial charge in [0.1, 0.15) is 5.75 Å². The van der Waals surface area contributed by atoms with Gasteiger partial charge < -0.3 is 26.0 Å². The second-order valence-electron chi connectivity index (χ2n) is 9.20. The van der Waals surface area contributed by atoms with Gasteiger partial charge in [-0.3, -0.25) is 0 Å². The topological polar surface area (TPSA) is 96.0 Å². The van der Waals surface area contributed by atoms with Crippen LogP contribution in [0, 0.1) is 0 Å². The van der Waals surface area contributed by atoms with Crippen LogP contribution in [0.5, 0.6) is 5.75 Å². The van der Waals surface area contributed by atoms with Crippen molar-refractivity contribution < 1.29 is 4.74 Å². The van der Waals surface area contributed by atoms with Crippen molar-refractivity contribution in [1.82, 2.24) is 20.3 Å². The summed E-state index contributed by atoms with van der Waals surface area (Å²) >= 11 is 6.39. The Balaban J connectivity index is 1.55. The van der Waals surface area contributed by atoms with Crippen LogP contribution in [0.3, 0.4) is 0 Å². The fourth-order valence-electron chi connectivity index (χ4n) is 4.86. The number of anilines is 4. The summed E-state index contributed by atoms with van der Waals surface area (Å²) in [4.78, 5) is 14.2. The minimum atomic E-state index is 0.267. The van der Waals surface area contributed by atoms with E-state index in [1.54, 1.807) is 0 Å². The Morgan fingerprint density at radius 3 is 2.44 bits per heavy atom. The van der Waals surface area contributed by atoms with Crippen molar-refractivity contribution >= 4 is 35.1 Å². The molecule has 0 bridgehead atoms. The Morgan fingerprint density at radius 2 is 1.76 bits per heavy atom. The van der Waals surface area contributed by atoms with Crippen LogP contribution in [0.1, 0.15) is 71.6 Å². The maximum atomic E-state index is 6.39. The molecule has 1 saturated carbocycles. The Bertz CT molecular complexity index is 914. The molecule has 0 spiro atoms. The number of ether oxygens (including phenoxy) is 1. The summed E-state index contributed by atoms with van der Waals surface area (Å²) in [6, 6.07) is 6.70. The third-order valence-electron chi connectivity index (χ3n) is 6.65. The first-order valence-corrected chi connectivity index (χ1v) is 13.2. The van der Waals surface area contributed by atoms with E-state index in [1.807, 2.05) is 25.1 Å². The molecule has 2 aliphatic rings. The minimum absolute atomic E-state index is 0.267. The van der Waals surface area contributed by atoms with E-state index in [-0.39, 0.29) is 6.04 Å². The predicted molar refractivity (Wildman–Crippen MR) is 140 cm³/mol. The normalized spacial score (nSPS) is 19.9. The molecule has 186 valence electrons. The highest BCUT2D eigenvalue weighted by Crippen LogP contribution is 2.29. The number of benzene rings is 1. The molecule has 2 fully saturated rings. The summed E-state index contributed by atoms with van der Waals surface area (Å²) in [5.74, 6) is 2.35. The first-order chi connectivity index (χ1) is 16.6. The summed E-state index contributed by atoms with van der Waals surface area (Å²) in [7, 11) is 0. The maximum absolute atomic E-state index is 6.39. The second-order valence-corrected chi connectivity index (χ2v) is 9.61. The van der Waals surface area contributed by atoms with E-state index in [2.05, 4.69) is 28.2 Å². The van der Waals surface area contributed by atoms with E-state index in [9.17, 15) is 0 Å². The van der Waals surface area contributed by atoms with Crippen LogP contribution in [-0.2, 0) is 0 Å². The Kier molecular flexibility index (Phi) is 9.04. The predicted octanol–water partition coefficient (Wildman–Crippen LogP) is 5.74. The van der Waals surface area contributed by atoms with Crippen LogP contribution in [-0.4, -0.2) is 46.2 Å². The van der Waals surface area contributed by atoms with Crippen LogP contribution in [0.25, 0.3) is 0 Å². The Hall–Kier alpha value is -2.32. The molecule has 2 atom stereocenters. The van der Waals surface area contributed by atoms with Gasteiger partial charge in [0, 0.05) is 23.8 Å². The number of hydrogen-bond acceptors (Lipinski definition) is 8. The Labute approximate surface area is 208 Å². The van der Waals surface area contributed by atoms with Crippen LogP contribution in [0.15, 0.2) is 18.2 Å². The molecule has 2 heterocycles. The van der Waals surface area contributed by atoms with Crippen LogP contribution < -0.4 is 26.0 Å². The van der Waals surface area contributed by atoms with E-state index in [4.69, 9.17) is 31.3 Å². The molecule has 4 N–H and O–H groups in total.